The summed E-state index contributed by atoms with van der Waals surface area (Å²) in [5, 5.41) is 28.5. The number of nitro benzene ring substituents is 1. The highest BCUT2D eigenvalue weighted by atomic mass is 32.2. The smallest absolute Gasteiger partial charge is 0.462 e. The molecule has 0 radical (unpaired) electrons. The molecule has 2 unspecified atom stereocenters. The lowest BCUT2D eigenvalue weighted by Crippen LogP contribution is -2.18. The van der Waals surface area contributed by atoms with Gasteiger partial charge < -0.3 is 14.2 Å². The molecule has 6 atom stereocenters. The number of hydrogen-bond acceptors (Lipinski definition) is 17. The van der Waals surface area contributed by atoms with Crippen molar-refractivity contribution in [3.63, 3.8) is 0 Å². The van der Waals surface area contributed by atoms with E-state index in [1.807, 2.05) is 59.9 Å². The molecule has 24 heteroatoms. The van der Waals surface area contributed by atoms with E-state index in [1.165, 1.54) is 46.8 Å². The number of non-ortho nitro benzene ring substituents is 1. The number of carbonyl (C=O) groups is 2. The molecule has 0 amide bonds. The van der Waals surface area contributed by atoms with Crippen LogP contribution in [-0.4, -0.2) is 93.2 Å². The van der Waals surface area contributed by atoms with E-state index in [-0.39, 0.29) is 69.0 Å². The van der Waals surface area contributed by atoms with E-state index >= 15 is 0 Å². The topological polar surface area (TPSA) is 269 Å². The van der Waals surface area contributed by atoms with Gasteiger partial charge in [-0.2, -0.15) is 0 Å². The van der Waals surface area contributed by atoms with E-state index in [4.69, 9.17) is 14.2 Å². The lowest BCUT2D eigenvalue weighted by molar-refractivity contribution is -0.384. The number of benzene rings is 4. The van der Waals surface area contributed by atoms with Crippen molar-refractivity contribution in [2.45, 2.75) is 106 Å². The van der Waals surface area contributed by atoms with Gasteiger partial charge in [-0.25, -0.2) is 39.5 Å². The number of fused-ring (bicyclic) bond motifs is 6. The van der Waals surface area contributed by atoms with Crippen molar-refractivity contribution in [3.8, 4) is 5.75 Å². The molecule has 2 aliphatic rings. The Morgan fingerprint density at radius 3 is 1.53 bits per heavy atom. The number of carbonyl (C=O) groups excluding carboxylic acids is 2. The summed E-state index contributed by atoms with van der Waals surface area (Å²) in [6.45, 7) is 7.96. The average molecular weight is 1130 g/mol. The van der Waals surface area contributed by atoms with Crippen molar-refractivity contribution in [1.82, 2.24) is 47.1 Å². The molecule has 22 nitrogen and oxygen atoms in total. The van der Waals surface area contributed by atoms with Crippen molar-refractivity contribution in [1.29, 1.82) is 0 Å². The highest BCUT2D eigenvalue weighted by Crippen LogP contribution is 2.44. The molecule has 81 heavy (non-hydrogen) atoms. The van der Waals surface area contributed by atoms with E-state index in [0.717, 1.165) is 45.7 Å². The zero-order chi connectivity index (χ0) is 56.7. The van der Waals surface area contributed by atoms with Crippen LogP contribution >= 0.6 is 0 Å². The van der Waals surface area contributed by atoms with Gasteiger partial charge in [0.25, 0.3) is 25.7 Å². The van der Waals surface area contributed by atoms with Crippen molar-refractivity contribution in [3.05, 3.63) is 179 Å². The molecule has 0 spiro atoms. The second kappa shape index (κ2) is 22.0. The fourth-order valence-electron chi connectivity index (χ4n) is 11.2. The molecule has 2 saturated carbocycles. The molecule has 2 aliphatic carbocycles. The van der Waals surface area contributed by atoms with Gasteiger partial charge in [-0.15, -0.1) is 20.4 Å². The second-order valence-electron chi connectivity index (χ2n) is 20.4. The number of esters is 1. The first kappa shape index (κ1) is 54.1. The predicted molar refractivity (Wildman–Crippen MR) is 296 cm³/mol. The first-order valence-electron chi connectivity index (χ1n) is 26.4. The van der Waals surface area contributed by atoms with Crippen LogP contribution in [0.2, 0.25) is 0 Å². The van der Waals surface area contributed by atoms with Crippen LogP contribution in [0.3, 0.4) is 0 Å². The van der Waals surface area contributed by atoms with Gasteiger partial charge >= 0.3 is 12.1 Å². The lowest BCUT2D eigenvalue weighted by Gasteiger charge is -2.16. The van der Waals surface area contributed by atoms with Gasteiger partial charge in [-0.05, 0) is 105 Å². The monoisotopic (exact) mass is 1130 g/mol. The van der Waals surface area contributed by atoms with Crippen LogP contribution in [0.25, 0.3) is 33.6 Å². The summed E-state index contributed by atoms with van der Waals surface area (Å²) < 4.78 is 76.6. The van der Waals surface area contributed by atoms with Crippen molar-refractivity contribution >= 4 is 71.5 Å². The molecule has 6 aromatic heterocycles. The van der Waals surface area contributed by atoms with Crippen LogP contribution in [0.5, 0.6) is 5.75 Å². The number of nitro groups is 1. The number of nitrogens with zero attached hydrogens (tertiary/aromatic N) is 11. The Morgan fingerprint density at radius 1 is 0.605 bits per heavy atom. The Kier molecular flexibility index (Phi) is 14.7. The van der Waals surface area contributed by atoms with E-state index in [0.29, 0.717) is 53.1 Å². The SMILES string of the molecule is CC[C@@H]1C[C@H](OC(=O)Cc2ccccc2)CC1c1nnc2cnc3c(ccn3S(=O)(=O)c3ccc(C)cc3)n12.CC[C@@H]1C[C@H](OC(=O)Oc2ccc([N+](=O)[O-])cc2)CC1c1nnc2cnc3c(ccn3S(=O)(=O)c3ccc(C)cc3)n12. The maximum Gasteiger partial charge on any atom is 0.514 e. The summed E-state index contributed by atoms with van der Waals surface area (Å²) >= 11 is 0. The molecular formula is C57H55N11O11S2. The molecule has 416 valence electrons. The van der Waals surface area contributed by atoms with Crippen LogP contribution in [0.1, 0.15) is 92.5 Å². The average Bonchev–Trinajstić information content (AvgIpc) is 4.35. The van der Waals surface area contributed by atoms with Crippen LogP contribution in [-0.2, 0) is 40.7 Å². The minimum Gasteiger partial charge on any atom is -0.462 e. The molecular weight excluding hydrogens is 1080 g/mol. The molecule has 10 aromatic rings. The number of rotatable bonds is 14. The summed E-state index contributed by atoms with van der Waals surface area (Å²) in [6, 6.07) is 31.5. The summed E-state index contributed by atoms with van der Waals surface area (Å²) in [6.07, 6.45) is 8.79. The van der Waals surface area contributed by atoms with Crippen molar-refractivity contribution < 1.29 is 45.6 Å². The van der Waals surface area contributed by atoms with Crippen molar-refractivity contribution in [2.24, 2.45) is 11.8 Å². The Balaban J connectivity index is 0.000000171. The third-order valence-corrected chi connectivity index (χ3v) is 18.7. The van der Waals surface area contributed by atoms with Crippen molar-refractivity contribution in [2.75, 3.05) is 0 Å². The Bertz CT molecular complexity index is 4220. The van der Waals surface area contributed by atoms with E-state index in [1.54, 1.807) is 66.9 Å². The molecule has 6 heterocycles. The van der Waals surface area contributed by atoms with E-state index in [9.17, 15) is 36.5 Å². The van der Waals surface area contributed by atoms with Crippen LogP contribution < -0.4 is 4.74 Å². The van der Waals surface area contributed by atoms with Gasteiger partial charge in [-0.3, -0.25) is 23.7 Å². The summed E-state index contributed by atoms with van der Waals surface area (Å²) in [4.78, 5) is 44.7. The molecule has 4 aromatic carbocycles. The third-order valence-electron chi connectivity index (χ3n) is 15.3. The predicted octanol–water partition coefficient (Wildman–Crippen LogP) is 9.70. The lowest BCUT2D eigenvalue weighted by atomic mass is 9.93. The number of ether oxygens (including phenoxy) is 3. The molecule has 0 saturated heterocycles. The normalized spacial score (nSPS) is 19.2. The zero-order valence-electron chi connectivity index (χ0n) is 44.4. The molecule has 0 N–H and O–H groups in total. The number of hydrogen-bond donors (Lipinski definition) is 0. The zero-order valence-corrected chi connectivity index (χ0v) is 46.1. The highest BCUT2D eigenvalue weighted by molar-refractivity contribution is 7.90. The highest BCUT2D eigenvalue weighted by Gasteiger charge is 2.41. The standard InChI is InChI=1S/C29H29N5O4S.C28H26N6O7S/c1-3-21-16-22(38-27(35)15-20-7-5-4-6-8-20)17-24(21)28-32-31-26-18-30-29-25(34(26)28)13-14-33(29)39(36,37)23-11-9-19(2)10-12-23;1-3-18-14-21(41-28(35)40-20-8-6-19(7-9-20)34(36)37)15-23(18)26-31-30-25-16-29-27-24(33(25)26)12-13-32(27)42(38,39)22-10-4-17(2)5-11-22/h4-14,18,21-22,24H,3,15-17H2,1-2H3;4-13,16,18,21,23H,3,14-15H2,1-2H3/t21-,22+,24?;18-,21+,23?/m11/s1. The van der Waals surface area contributed by atoms with Gasteiger partial charge in [0.15, 0.2) is 22.6 Å². The van der Waals surface area contributed by atoms with Gasteiger partial charge in [0.2, 0.25) is 0 Å². The minimum absolute atomic E-state index is 0.00202. The van der Waals surface area contributed by atoms with E-state index in [2.05, 4.69) is 37.3 Å². The molecule has 2 fully saturated rings. The Labute approximate surface area is 464 Å². The van der Waals surface area contributed by atoms with Crippen LogP contribution in [0.15, 0.2) is 150 Å². The van der Waals surface area contributed by atoms with Gasteiger partial charge in [0.1, 0.15) is 29.6 Å². The molecule has 0 bridgehead atoms. The van der Waals surface area contributed by atoms with Gasteiger partial charge in [-0.1, -0.05) is 92.4 Å². The van der Waals surface area contributed by atoms with Gasteiger partial charge in [0.05, 0.1) is 44.6 Å². The molecule has 0 aliphatic heterocycles. The van der Waals surface area contributed by atoms with E-state index < -0.39 is 37.2 Å². The first-order chi connectivity index (χ1) is 39.0. The largest absolute Gasteiger partial charge is 0.514 e. The fraction of sp³-hybridized carbons (Fsp3) is 0.298. The summed E-state index contributed by atoms with van der Waals surface area (Å²) in [7, 11) is -7.74. The van der Waals surface area contributed by atoms with Crippen LogP contribution in [0.4, 0.5) is 10.5 Å². The minimum atomic E-state index is -3.90. The Morgan fingerprint density at radius 2 is 1.07 bits per heavy atom. The third kappa shape index (κ3) is 10.6. The fourth-order valence-corrected chi connectivity index (χ4v) is 13.8. The maximum absolute atomic E-state index is 13.4. The quantitative estimate of drug-likeness (QED) is 0.0424. The second-order valence-corrected chi connectivity index (χ2v) is 24.0. The number of aryl methyl sites for hydroxylation is 2. The first-order valence-corrected chi connectivity index (χ1v) is 29.3. The Hall–Kier alpha value is -8.90. The number of aromatic nitrogens is 10. The van der Waals surface area contributed by atoms with Gasteiger partial charge in [0, 0.05) is 36.4 Å². The summed E-state index contributed by atoms with van der Waals surface area (Å²) in [5.41, 5.74) is 5.46. The molecule has 12 rings (SSSR count). The maximum atomic E-state index is 13.4. The van der Waals surface area contributed by atoms with Crippen LogP contribution in [0, 0.1) is 35.8 Å². The summed E-state index contributed by atoms with van der Waals surface area (Å²) in [5.74, 6) is 1.48.